The second kappa shape index (κ2) is 8.94. The number of imidazole rings is 1. The molecule has 0 spiro atoms. The summed E-state index contributed by atoms with van der Waals surface area (Å²) in [4.78, 5) is 52.2. The number of hydrogen-bond donors (Lipinski definition) is 2. The average Bonchev–Trinajstić information content (AvgIpc) is 3.10. The maximum atomic E-state index is 12.4. The van der Waals surface area contributed by atoms with E-state index >= 15 is 0 Å². The van der Waals surface area contributed by atoms with Gasteiger partial charge in [-0.1, -0.05) is 13.8 Å². The van der Waals surface area contributed by atoms with E-state index in [1.54, 1.807) is 31.7 Å². The van der Waals surface area contributed by atoms with E-state index in [2.05, 4.69) is 20.4 Å². The highest BCUT2D eigenvalue weighted by Crippen LogP contribution is 2.13. The number of benzene rings is 1. The standard InChI is InChI=1S/C19H22N4O5/c1-11(2)14(19(27)28-4)22-18(26)17(25)21-13-7-5-12(6-8-13)15(24)16-20-9-10-23(16)3/h5-11,14H,1-4H3,(H,21,25)(H,22,26)/t14-/m0/s1. The highest BCUT2D eigenvalue weighted by atomic mass is 16.5. The van der Waals surface area contributed by atoms with E-state index in [-0.39, 0.29) is 11.7 Å². The van der Waals surface area contributed by atoms with Gasteiger partial charge in [-0.25, -0.2) is 9.78 Å². The van der Waals surface area contributed by atoms with Crippen molar-refractivity contribution >= 4 is 29.3 Å². The van der Waals surface area contributed by atoms with Gasteiger partial charge in [-0.15, -0.1) is 0 Å². The Kier molecular flexibility index (Phi) is 6.64. The summed E-state index contributed by atoms with van der Waals surface area (Å²) < 4.78 is 6.23. The van der Waals surface area contributed by atoms with Crippen LogP contribution in [0.1, 0.15) is 30.0 Å². The molecule has 1 atom stereocenters. The summed E-state index contributed by atoms with van der Waals surface area (Å²) >= 11 is 0. The number of methoxy groups -OCH3 is 1. The van der Waals surface area contributed by atoms with Gasteiger partial charge in [0.1, 0.15) is 6.04 Å². The average molecular weight is 386 g/mol. The molecular weight excluding hydrogens is 364 g/mol. The summed E-state index contributed by atoms with van der Waals surface area (Å²) in [5.74, 6) is -2.75. The van der Waals surface area contributed by atoms with Crippen molar-refractivity contribution in [2.24, 2.45) is 13.0 Å². The maximum Gasteiger partial charge on any atom is 0.328 e. The van der Waals surface area contributed by atoms with E-state index in [0.717, 1.165) is 0 Å². The molecule has 2 aromatic rings. The predicted octanol–water partition coefficient (Wildman–Crippen LogP) is 0.903. The van der Waals surface area contributed by atoms with Gasteiger partial charge in [0, 0.05) is 30.7 Å². The van der Waals surface area contributed by atoms with E-state index < -0.39 is 23.8 Å². The number of amides is 2. The van der Waals surface area contributed by atoms with Gasteiger partial charge >= 0.3 is 17.8 Å². The monoisotopic (exact) mass is 386 g/mol. The molecule has 1 aromatic heterocycles. The molecule has 2 rings (SSSR count). The number of nitrogens with zero attached hydrogens (tertiary/aromatic N) is 2. The molecule has 2 N–H and O–H groups in total. The Labute approximate surface area is 162 Å². The number of rotatable bonds is 6. The molecule has 0 aliphatic rings. The third-order valence-corrected chi connectivity index (χ3v) is 4.04. The van der Waals surface area contributed by atoms with Crippen molar-refractivity contribution in [2.75, 3.05) is 12.4 Å². The quantitative estimate of drug-likeness (QED) is 0.433. The molecule has 0 saturated heterocycles. The van der Waals surface area contributed by atoms with Crippen molar-refractivity contribution in [1.29, 1.82) is 0 Å². The van der Waals surface area contributed by atoms with E-state index in [9.17, 15) is 19.2 Å². The lowest BCUT2D eigenvalue weighted by Gasteiger charge is -2.19. The Hall–Kier alpha value is -3.49. The van der Waals surface area contributed by atoms with Crippen LogP contribution in [0.15, 0.2) is 36.7 Å². The third kappa shape index (κ3) is 4.81. The summed E-state index contributed by atoms with van der Waals surface area (Å²) in [6.45, 7) is 3.44. The Morgan fingerprint density at radius 2 is 1.71 bits per heavy atom. The van der Waals surface area contributed by atoms with Crippen molar-refractivity contribution in [3.8, 4) is 0 Å². The normalized spacial score (nSPS) is 11.6. The van der Waals surface area contributed by atoms with Crippen LogP contribution in [0.2, 0.25) is 0 Å². The van der Waals surface area contributed by atoms with E-state index in [0.29, 0.717) is 17.1 Å². The maximum absolute atomic E-state index is 12.4. The second-order valence-electron chi connectivity index (χ2n) is 6.44. The first-order valence-electron chi connectivity index (χ1n) is 8.56. The van der Waals surface area contributed by atoms with Crippen LogP contribution in [0.4, 0.5) is 5.69 Å². The Morgan fingerprint density at radius 1 is 1.07 bits per heavy atom. The van der Waals surface area contributed by atoms with Gasteiger partial charge in [-0.2, -0.15) is 0 Å². The zero-order valence-electron chi connectivity index (χ0n) is 16.1. The van der Waals surface area contributed by atoms with Gasteiger partial charge < -0.3 is 19.9 Å². The lowest BCUT2D eigenvalue weighted by molar-refractivity contribution is -0.147. The molecule has 0 radical (unpaired) electrons. The fourth-order valence-electron chi connectivity index (χ4n) is 2.44. The number of hydrogen-bond acceptors (Lipinski definition) is 6. The molecule has 2 amide bonds. The number of anilines is 1. The van der Waals surface area contributed by atoms with Crippen molar-refractivity contribution in [1.82, 2.24) is 14.9 Å². The summed E-state index contributed by atoms with van der Waals surface area (Å²) in [5.41, 5.74) is 0.720. The van der Waals surface area contributed by atoms with E-state index in [1.807, 2.05) is 0 Å². The topological polar surface area (TPSA) is 119 Å². The number of aryl methyl sites for hydroxylation is 1. The van der Waals surface area contributed by atoms with Gasteiger partial charge in [-0.3, -0.25) is 14.4 Å². The van der Waals surface area contributed by atoms with Crippen LogP contribution >= 0.6 is 0 Å². The molecular formula is C19H22N4O5. The molecule has 9 nitrogen and oxygen atoms in total. The molecule has 148 valence electrons. The summed E-state index contributed by atoms with van der Waals surface area (Å²) in [5, 5.41) is 4.77. The molecule has 9 heteroatoms. The first kappa shape index (κ1) is 20.8. The Bertz CT molecular complexity index is 886. The number of ether oxygens (including phenoxy) is 1. The van der Waals surface area contributed by atoms with Gasteiger partial charge in [0.15, 0.2) is 5.82 Å². The molecule has 0 unspecified atom stereocenters. The zero-order valence-corrected chi connectivity index (χ0v) is 16.1. The molecule has 1 heterocycles. The largest absolute Gasteiger partial charge is 0.467 e. The van der Waals surface area contributed by atoms with Gasteiger partial charge in [0.05, 0.1) is 7.11 Å². The van der Waals surface area contributed by atoms with Gasteiger partial charge in [-0.05, 0) is 30.2 Å². The molecule has 0 fully saturated rings. The van der Waals surface area contributed by atoms with Crippen LogP contribution in [-0.4, -0.2) is 46.3 Å². The third-order valence-electron chi connectivity index (χ3n) is 4.04. The fraction of sp³-hybridized carbons (Fsp3) is 0.316. The first-order chi connectivity index (χ1) is 13.2. The Balaban J connectivity index is 2.02. The second-order valence-corrected chi connectivity index (χ2v) is 6.44. The summed E-state index contributed by atoms with van der Waals surface area (Å²) in [6, 6.07) is 5.12. The molecule has 0 saturated carbocycles. The summed E-state index contributed by atoms with van der Waals surface area (Å²) in [7, 11) is 2.92. The highest BCUT2D eigenvalue weighted by Gasteiger charge is 2.27. The number of carbonyl (C=O) groups excluding carboxylic acids is 4. The van der Waals surface area contributed by atoms with E-state index in [1.165, 1.54) is 37.6 Å². The first-order valence-corrected chi connectivity index (χ1v) is 8.56. The van der Waals surface area contributed by atoms with Crippen LogP contribution in [0.25, 0.3) is 0 Å². The molecule has 0 aliphatic carbocycles. The van der Waals surface area contributed by atoms with Crippen LogP contribution in [0.5, 0.6) is 0 Å². The fourth-order valence-corrected chi connectivity index (χ4v) is 2.44. The van der Waals surface area contributed by atoms with Crippen LogP contribution in [0, 0.1) is 5.92 Å². The number of esters is 1. The smallest absolute Gasteiger partial charge is 0.328 e. The summed E-state index contributed by atoms with van der Waals surface area (Å²) in [6.07, 6.45) is 3.19. The lowest BCUT2D eigenvalue weighted by Crippen LogP contribution is -2.48. The molecule has 1 aromatic carbocycles. The molecule has 0 bridgehead atoms. The number of ketones is 1. The van der Waals surface area contributed by atoms with Crippen molar-refractivity contribution in [3.63, 3.8) is 0 Å². The number of carbonyl (C=O) groups is 4. The van der Waals surface area contributed by atoms with Crippen molar-refractivity contribution < 1.29 is 23.9 Å². The van der Waals surface area contributed by atoms with E-state index in [4.69, 9.17) is 0 Å². The minimum Gasteiger partial charge on any atom is -0.467 e. The van der Waals surface area contributed by atoms with Gasteiger partial charge in [0.25, 0.3) is 0 Å². The SMILES string of the molecule is COC(=O)[C@@H](NC(=O)C(=O)Nc1ccc(C(=O)c2nccn2C)cc1)C(C)C. The highest BCUT2D eigenvalue weighted by molar-refractivity contribution is 6.40. The minimum atomic E-state index is -0.961. The molecule has 28 heavy (non-hydrogen) atoms. The van der Waals surface area contributed by atoms with Crippen molar-refractivity contribution in [3.05, 3.63) is 48.0 Å². The lowest BCUT2D eigenvalue weighted by atomic mass is 10.0. The predicted molar refractivity (Wildman–Crippen MR) is 100 cm³/mol. The zero-order chi connectivity index (χ0) is 20.8. The Morgan fingerprint density at radius 3 is 2.21 bits per heavy atom. The van der Waals surface area contributed by atoms with Crippen LogP contribution in [-0.2, 0) is 26.2 Å². The van der Waals surface area contributed by atoms with Crippen LogP contribution < -0.4 is 10.6 Å². The molecule has 0 aliphatic heterocycles. The van der Waals surface area contributed by atoms with Gasteiger partial charge in [0.2, 0.25) is 5.78 Å². The minimum absolute atomic E-state index is 0.249. The number of nitrogens with one attached hydrogen (secondary N) is 2. The van der Waals surface area contributed by atoms with Crippen molar-refractivity contribution in [2.45, 2.75) is 19.9 Å². The number of aromatic nitrogens is 2. The van der Waals surface area contributed by atoms with Crippen LogP contribution in [0.3, 0.4) is 0 Å².